The first-order valence-electron chi connectivity index (χ1n) is 8.75. The molecule has 8 nitrogen and oxygen atoms in total. The molecular formula is C19H21N5O3. The molecule has 4 rings (SSSR count). The second kappa shape index (κ2) is 5.42. The summed E-state index contributed by atoms with van der Waals surface area (Å²) in [6.45, 7) is 5.68. The van der Waals surface area contributed by atoms with Crippen LogP contribution in [0, 0.1) is 0 Å². The first kappa shape index (κ1) is 17.3. The zero-order valence-corrected chi connectivity index (χ0v) is 15.4. The molecule has 0 unspecified atom stereocenters. The Balaban J connectivity index is 1.99. The van der Waals surface area contributed by atoms with Crippen LogP contribution in [0.25, 0.3) is 0 Å². The van der Waals surface area contributed by atoms with Gasteiger partial charge in [-0.05, 0) is 32.4 Å². The molecule has 1 spiro atoms. The van der Waals surface area contributed by atoms with Crippen molar-refractivity contribution in [3.63, 3.8) is 0 Å². The lowest BCUT2D eigenvalue weighted by Crippen LogP contribution is -2.48. The molecule has 0 fully saturated rings. The Morgan fingerprint density at radius 3 is 2.63 bits per heavy atom. The standard InChI is InChI=1S/C19H21N5O3/c1-18(2,3)24-16-12(9-21-24)19(8-15(26)22-16)11-6-4-5-7-13(11)23(17(19)27)10-14(20)25/h4-7,9H,8,10H2,1-3H3,(H2,20,25)(H,22,26)/t19-/m0/s1. The number of hydrogen-bond acceptors (Lipinski definition) is 4. The van der Waals surface area contributed by atoms with Crippen molar-refractivity contribution in [2.24, 2.45) is 5.73 Å². The summed E-state index contributed by atoms with van der Waals surface area (Å²) >= 11 is 0. The average Bonchev–Trinajstić information content (AvgIpc) is 3.10. The fourth-order valence-corrected chi connectivity index (χ4v) is 4.07. The number of nitrogens with one attached hydrogen (secondary N) is 1. The van der Waals surface area contributed by atoms with Gasteiger partial charge in [0.15, 0.2) is 0 Å². The number of hydrogen-bond donors (Lipinski definition) is 2. The Morgan fingerprint density at radius 2 is 1.96 bits per heavy atom. The van der Waals surface area contributed by atoms with E-state index in [9.17, 15) is 14.4 Å². The minimum absolute atomic E-state index is 0.0407. The van der Waals surface area contributed by atoms with E-state index in [0.717, 1.165) is 0 Å². The molecule has 8 heteroatoms. The van der Waals surface area contributed by atoms with E-state index < -0.39 is 11.3 Å². The van der Waals surface area contributed by atoms with E-state index in [-0.39, 0.29) is 30.3 Å². The molecule has 1 aromatic heterocycles. The van der Waals surface area contributed by atoms with Gasteiger partial charge in [0.05, 0.1) is 11.7 Å². The summed E-state index contributed by atoms with van der Waals surface area (Å²) in [5, 5.41) is 7.33. The number of benzene rings is 1. The first-order chi connectivity index (χ1) is 12.7. The molecule has 3 amide bonds. The molecular weight excluding hydrogens is 346 g/mol. The van der Waals surface area contributed by atoms with E-state index >= 15 is 0 Å². The highest BCUT2D eigenvalue weighted by Gasteiger charge is 2.57. The van der Waals surface area contributed by atoms with Crippen LogP contribution in [0.5, 0.6) is 0 Å². The van der Waals surface area contributed by atoms with Gasteiger partial charge in [0.25, 0.3) is 0 Å². The number of fused-ring (bicyclic) bond motifs is 4. The van der Waals surface area contributed by atoms with Crippen molar-refractivity contribution in [1.82, 2.24) is 9.78 Å². The lowest BCUT2D eigenvalue weighted by Gasteiger charge is -2.34. The fourth-order valence-electron chi connectivity index (χ4n) is 4.07. The Hall–Kier alpha value is -3.16. The van der Waals surface area contributed by atoms with Crippen molar-refractivity contribution in [2.75, 3.05) is 16.8 Å². The Kier molecular flexibility index (Phi) is 3.46. The van der Waals surface area contributed by atoms with Crippen molar-refractivity contribution in [3.8, 4) is 0 Å². The molecule has 27 heavy (non-hydrogen) atoms. The van der Waals surface area contributed by atoms with Crippen LogP contribution in [0.15, 0.2) is 30.5 Å². The number of nitrogens with zero attached hydrogens (tertiary/aromatic N) is 3. The van der Waals surface area contributed by atoms with Crippen LogP contribution in [-0.2, 0) is 25.3 Å². The van der Waals surface area contributed by atoms with Crippen molar-refractivity contribution in [3.05, 3.63) is 41.6 Å². The largest absolute Gasteiger partial charge is 0.368 e. The first-order valence-corrected chi connectivity index (χ1v) is 8.75. The van der Waals surface area contributed by atoms with Crippen molar-refractivity contribution >= 4 is 29.2 Å². The summed E-state index contributed by atoms with van der Waals surface area (Å²) < 4.78 is 1.72. The molecule has 0 saturated heterocycles. The number of anilines is 2. The van der Waals surface area contributed by atoms with Gasteiger partial charge < -0.3 is 16.0 Å². The summed E-state index contributed by atoms with van der Waals surface area (Å²) in [5.41, 5.74) is 5.72. The zero-order valence-electron chi connectivity index (χ0n) is 15.4. The van der Waals surface area contributed by atoms with Crippen LogP contribution in [0.3, 0.4) is 0 Å². The van der Waals surface area contributed by atoms with E-state index in [1.54, 1.807) is 23.0 Å². The third-order valence-corrected chi connectivity index (χ3v) is 5.13. The van der Waals surface area contributed by atoms with Gasteiger partial charge in [-0.25, -0.2) is 4.68 Å². The molecule has 0 aliphatic carbocycles. The van der Waals surface area contributed by atoms with Gasteiger partial charge >= 0.3 is 0 Å². The number of primary amides is 1. The SMILES string of the molecule is CC(C)(C)n1ncc2c1NC(=O)C[C@@]21C(=O)N(CC(N)=O)c2ccccc21. The molecule has 0 bridgehead atoms. The predicted molar refractivity (Wildman–Crippen MR) is 99.2 cm³/mol. The summed E-state index contributed by atoms with van der Waals surface area (Å²) in [4.78, 5) is 39.1. The van der Waals surface area contributed by atoms with Crippen LogP contribution < -0.4 is 16.0 Å². The quantitative estimate of drug-likeness (QED) is 0.828. The topological polar surface area (TPSA) is 110 Å². The number of amides is 3. The number of rotatable bonds is 2. The lowest BCUT2D eigenvalue weighted by molar-refractivity contribution is -0.127. The molecule has 2 aliphatic rings. The molecule has 3 heterocycles. The van der Waals surface area contributed by atoms with E-state index in [0.29, 0.717) is 22.6 Å². The number of carbonyl (C=O) groups is 3. The fraction of sp³-hybridized carbons (Fsp3) is 0.368. The van der Waals surface area contributed by atoms with Crippen molar-refractivity contribution in [1.29, 1.82) is 0 Å². The number of nitrogens with two attached hydrogens (primary N) is 1. The van der Waals surface area contributed by atoms with Gasteiger partial charge in [-0.3, -0.25) is 14.4 Å². The molecule has 0 saturated carbocycles. The molecule has 1 aromatic carbocycles. The van der Waals surface area contributed by atoms with E-state index in [4.69, 9.17) is 5.73 Å². The maximum atomic E-state index is 13.5. The minimum Gasteiger partial charge on any atom is -0.368 e. The Labute approximate surface area is 156 Å². The maximum Gasteiger partial charge on any atom is 0.243 e. The highest BCUT2D eigenvalue weighted by atomic mass is 16.2. The van der Waals surface area contributed by atoms with Gasteiger partial charge in [0.2, 0.25) is 17.7 Å². The van der Waals surface area contributed by atoms with Crippen LogP contribution in [0.1, 0.15) is 38.3 Å². The zero-order chi connectivity index (χ0) is 19.6. The monoisotopic (exact) mass is 367 g/mol. The lowest BCUT2D eigenvalue weighted by atomic mass is 9.72. The number of para-hydroxylation sites is 1. The van der Waals surface area contributed by atoms with Crippen LogP contribution in [0.2, 0.25) is 0 Å². The molecule has 0 radical (unpaired) electrons. The molecule has 2 aromatic rings. The minimum atomic E-state index is -1.20. The van der Waals surface area contributed by atoms with Crippen molar-refractivity contribution < 1.29 is 14.4 Å². The smallest absolute Gasteiger partial charge is 0.243 e. The highest BCUT2D eigenvalue weighted by Crippen LogP contribution is 2.52. The molecule has 140 valence electrons. The third kappa shape index (κ3) is 2.29. The molecule has 3 N–H and O–H groups in total. The van der Waals surface area contributed by atoms with Gasteiger partial charge in [0, 0.05) is 17.7 Å². The second-order valence-corrected chi connectivity index (χ2v) is 7.99. The summed E-state index contributed by atoms with van der Waals surface area (Å²) in [5.74, 6) is -0.687. The Bertz CT molecular complexity index is 987. The van der Waals surface area contributed by atoms with Gasteiger partial charge in [-0.2, -0.15) is 5.10 Å². The Morgan fingerprint density at radius 1 is 1.26 bits per heavy atom. The van der Waals surface area contributed by atoms with Crippen LogP contribution >= 0.6 is 0 Å². The van der Waals surface area contributed by atoms with Crippen molar-refractivity contribution in [2.45, 2.75) is 38.1 Å². The number of carbonyl (C=O) groups excluding carboxylic acids is 3. The van der Waals surface area contributed by atoms with E-state index in [2.05, 4.69) is 10.4 Å². The van der Waals surface area contributed by atoms with Crippen LogP contribution in [0.4, 0.5) is 11.5 Å². The second-order valence-electron chi connectivity index (χ2n) is 7.99. The molecule has 1 atom stereocenters. The molecule has 2 aliphatic heterocycles. The normalized spacial score (nSPS) is 21.2. The van der Waals surface area contributed by atoms with Gasteiger partial charge in [0.1, 0.15) is 17.8 Å². The summed E-state index contributed by atoms with van der Waals surface area (Å²) in [7, 11) is 0. The van der Waals surface area contributed by atoms with E-state index in [1.807, 2.05) is 32.9 Å². The third-order valence-electron chi connectivity index (χ3n) is 5.13. The van der Waals surface area contributed by atoms with Gasteiger partial charge in [-0.1, -0.05) is 18.2 Å². The van der Waals surface area contributed by atoms with Gasteiger partial charge in [-0.15, -0.1) is 0 Å². The highest BCUT2D eigenvalue weighted by molar-refractivity contribution is 6.17. The van der Waals surface area contributed by atoms with E-state index in [1.165, 1.54) is 4.90 Å². The van der Waals surface area contributed by atoms with Crippen LogP contribution in [-0.4, -0.2) is 34.0 Å². The average molecular weight is 367 g/mol. The predicted octanol–water partition coefficient (Wildman–Crippen LogP) is 1.10. The summed E-state index contributed by atoms with van der Waals surface area (Å²) in [6, 6.07) is 7.21. The number of aromatic nitrogens is 2. The maximum absolute atomic E-state index is 13.5. The summed E-state index contributed by atoms with van der Waals surface area (Å²) in [6.07, 6.45) is 1.60.